The molecule has 3 heteroatoms. The molecule has 0 unspecified atom stereocenters. The first-order chi connectivity index (χ1) is 15.7. The maximum atomic E-state index is 4.60. The molecule has 4 aromatic rings. The summed E-state index contributed by atoms with van der Waals surface area (Å²) < 4.78 is 0. The van der Waals surface area contributed by atoms with Crippen LogP contribution in [-0.4, -0.2) is 29.5 Å². The maximum Gasteiger partial charge on any atom is 0.0780 e. The Morgan fingerprint density at radius 1 is 0.906 bits per heavy atom. The smallest absolute Gasteiger partial charge is 0.0780 e. The third-order valence-corrected chi connectivity index (χ3v) is 5.99. The second-order valence-electron chi connectivity index (χ2n) is 8.19. The molecule has 0 amide bonds. The molecule has 1 aromatic heterocycles. The van der Waals surface area contributed by atoms with Crippen molar-refractivity contribution in [3.8, 4) is 11.1 Å². The molecular weight excluding hydrogens is 390 g/mol. The van der Waals surface area contributed by atoms with E-state index in [-0.39, 0.29) is 0 Å². The highest BCUT2D eigenvalue weighted by Gasteiger charge is 2.09. The van der Waals surface area contributed by atoms with Crippen LogP contribution in [0.15, 0.2) is 97.8 Å². The lowest BCUT2D eigenvalue weighted by Crippen LogP contribution is -2.32. The van der Waals surface area contributed by atoms with E-state index in [2.05, 4.69) is 101 Å². The fourth-order valence-corrected chi connectivity index (χ4v) is 4.10. The highest BCUT2D eigenvalue weighted by Crippen LogP contribution is 2.27. The van der Waals surface area contributed by atoms with E-state index >= 15 is 0 Å². The van der Waals surface area contributed by atoms with Crippen LogP contribution in [0.2, 0.25) is 0 Å². The fraction of sp³-hybridized carbons (Fsp3) is 0.207. The van der Waals surface area contributed by atoms with Gasteiger partial charge in [-0.05, 0) is 47.9 Å². The molecule has 0 spiro atoms. The number of para-hydroxylation sites is 1. The van der Waals surface area contributed by atoms with Gasteiger partial charge in [0.05, 0.1) is 5.52 Å². The highest BCUT2D eigenvalue weighted by molar-refractivity contribution is 5.93. The Labute approximate surface area is 191 Å². The van der Waals surface area contributed by atoms with E-state index in [1.165, 1.54) is 33.2 Å². The molecule has 0 saturated carbocycles. The average Bonchev–Trinajstić information content (AvgIpc) is 2.84. The van der Waals surface area contributed by atoms with Crippen LogP contribution >= 0.6 is 0 Å². The van der Waals surface area contributed by atoms with Gasteiger partial charge in [-0.15, -0.1) is 0 Å². The number of nitrogens with zero attached hydrogens (tertiary/aromatic N) is 2. The molecule has 3 aromatic carbocycles. The Kier molecular flexibility index (Phi) is 7.31. The molecular formula is C29H31N3. The predicted octanol–water partition coefficient (Wildman–Crippen LogP) is 5.99. The Morgan fingerprint density at radius 3 is 2.53 bits per heavy atom. The van der Waals surface area contributed by atoms with E-state index in [0.29, 0.717) is 0 Å². The van der Waals surface area contributed by atoms with Gasteiger partial charge in [0.25, 0.3) is 0 Å². The Bertz CT molecular complexity index is 1160. The van der Waals surface area contributed by atoms with Crippen molar-refractivity contribution in [3.05, 3.63) is 115 Å². The van der Waals surface area contributed by atoms with Gasteiger partial charge in [0.1, 0.15) is 0 Å². The number of nitrogens with one attached hydrogen (secondary N) is 1. The summed E-state index contributed by atoms with van der Waals surface area (Å²) >= 11 is 0. The zero-order valence-electron chi connectivity index (χ0n) is 18.8. The molecule has 0 fully saturated rings. The van der Waals surface area contributed by atoms with Gasteiger partial charge in [-0.25, -0.2) is 0 Å². The normalized spacial score (nSPS) is 11.1. The molecule has 0 aliphatic rings. The molecule has 0 bridgehead atoms. The molecule has 0 aliphatic heterocycles. The van der Waals surface area contributed by atoms with Gasteiger partial charge in [-0.1, -0.05) is 79.4 Å². The summed E-state index contributed by atoms with van der Waals surface area (Å²) in [6.07, 6.45) is 4.66. The number of hydrogen-bond acceptors (Lipinski definition) is 3. The number of hydrogen-bond donors (Lipinski definition) is 1. The largest absolute Gasteiger partial charge is 0.390 e. The molecule has 0 radical (unpaired) electrons. The van der Waals surface area contributed by atoms with Crippen LogP contribution in [0.25, 0.3) is 22.0 Å². The third kappa shape index (κ3) is 5.43. The van der Waals surface area contributed by atoms with Crippen molar-refractivity contribution in [2.75, 3.05) is 19.6 Å². The second kappa shape index (κ2) is 10.7. The number of aromatic nitrogens is 1. The molecule has 0 saturated heterocycles. The highest BCUT2D eigenvalue weighted by atomic mass is 15.1. The standard InChI is InChI=1S/C29H31N3/c1-3-30-19-21-32(22-27-9-5-4-8-23(27)2)20-17-24-13-15-25(16-14-24)28-12-6-10-26-11-7-18-31-29(26)28/h3-16,18,30H,1,17,19-22H2,2H3. The summed E-state index contributed by atoms with van der Waals surface area (Å²) in [6, 6.07) is 28.1. The second-order valence-corrected chi connectivity index (χ2v) is 8.19. The van der Waals surface area contributed by atoms with Gasteiger partial charge in [0, 0.05) is 43.3 Å². The van der Waals surface area contributed by atoms with Gasteiger partial charge in [-0.3, -0.25) is 9.88 Å². The van der Waals surface area contributed by atoms with Crippen LogP contribution in [0.1, 0.15) is 16.7 Å². The molecule has 4 rings (SSSR count). The van der Waals surface area contributed by atoms with Gasteiger partial charge < -0.3 is 5.32 Å². The molecule has 0 atom stereocenters. The fourth-order valence-electron chi connectivity index (χ4n) is 4.10. The molecule has 1 heterocycles. The van der Waals surface area contributed by atoms with Gasteiger partial charge in [0.2, 0.25) is 0 Å². The SMILES string of the molecule is C=CNCCN(CCc1ccc(-c2cccc3cccnc23)cc1)Cc1ccccc1C. The van der Waals surface area contributed by atoms with E-state index in [0.717, 1.165) is 38.1 Å². The molecule has 162 valence electrons. The van der Waals surface area contributed by atoms with Crippen LogP contribution < -0.4 is 5.32 Å². The van der Waals surface area contributed by atoms with Crippen molar-refractivity contribution >= 4 is 10.9 Å². The lowest BCUT2D eigenvalue weighted by Gasteiger charge is -2.23. The zero-order chi connectivity index (χ0) is 22.2. The van der Waals surface area contributed by atoms with Crippen LogP contribution in [0.3, 0.4) is 0 Å². The van der Waals surface area contributed by atoms with E-state index < -0.39 is 0 Å². The number of aryl methyl sites for hydroxylation is 1. The third-order valence-electron chi connectivity index (χ3n) is 5.99. The van der Waals surface area contributed by atoms with Crippen molar-refractivity contribution in [2.24, 2.45) is 0 Å². The van der Waals surface area contributed by atoms with E-state index in [1.807, 2.05) is 12.3 Å². The number of pyridine rings is 1. The first kappa shape index (κ1) is 21.8. The monoisotopic (exact) mass is 421 g/mol. The van der Waals surface area contributed by atoms with Gasteiger partial charge in [0.15, 0.2) is 0 Å². The molecule has 0 aliphatic carbocycles. The Balaban J connectivity index is 1.45. The summed E-state index contributed by atoms with van der Waals surface area (Å²) in [5, 5.41) is 4.41. The number of rotatable bonds is 10. The predicted molar refractivity (Wildman–Crippen MR) is 136 cm³/mol. The quantitative estimate of drug-likeness (QED) is 0.319. The Morgan fingerprint density at radius 2 is 1.72 bits per heavy atom. The zero-order valence-corrected chi connectivity index (χ0v) is 18.8. The maximum absolute atomic E-state index is 4.60. The van der Waals surface area contributed by atoms with Crippen LogP contribution in [0, 0.1) is 6.92 Å². The van der Waals surface area contributed by atoms with Crippen LogP contribution in [-0.2, 0) is 13.0 Å². The minimum absolute atomic E-state index is 0.905. The Hall–Kier alpha value is -3.43. The van der Waals surface area contributed by atoms with Crippen molar-refractivity contribution in [2.45, 2.75) is 19.9 Å². The first-order valence-electron chi connectivity index (χ1n) is 11.3. The van der Waals surface area contributed by atoms with E-state index in [4.69, 9.17) is 0 Å². The van der Waals surface area contributed by atoms with Crippen molar-refractivity contribution < 1.29 is 0 Å². The van der Waals surface area contributed by atoms with Crippen LogP contribution in [0.5, 0.6) is 0 Å². The minimum Gasteiger partial charge on any atom is -0.390 e. The van der Waals surface area contributed by atoms with Crippen molar-refractivity contribution in [3.63, 3.8) is 0 Å². The lowest BCUT2D eigenvalue weighted by molar-refractivity contribution is 0.271. The summed E-state index contributed by atoms with van der Waals surface area (Å²) in [7, 11) is 0. The summed E-state index contributed by atoms with van der Waals surface area (Å²) in [5.74, 6) is 0. The van der Waals surface area contributed by atoms with E-state index in [9.17, 15) is 0 Å². The number of fused-ring (bicyclic) bond motifs is 1. The minimum atomic E-state index is 0.905. The van der Waals surface area contributed by atoms with Crippen molar-refractivity contribution in [1.82, 2.24) is 15.2 Å². The summed E-state index contributed by atoms with van der Waals surface area (Å²) in [4.78, 5) is 7.12. The van der Waals surface area contributed by atoms with Crippen molar-refractivity contribution in [1.29, 1.82) is 0 Å². The first-order valence-corrected chi connectivity index (χ1v) is 11.3. The van der Waals surface area contributed by atoms with E-state index in [1.54, 1.807) is 6.20 Å². The molecule has 3 nitrogen and oxygen atoms in total. The van der Waals surface area contributed by atoms with Gasteiger partial charge >= 0.3 is 0 Å². The molecule has 1 N–H and O–H groups in total. The molecule has 32 heavy (non-hydrogen) atoms. The summed E-state index contributed by atoms with van der Waals surface area (Å²) in [5.41, 5.74) is 7.55. The average molecular weight is 422 g/mol. The topological polar surface area (TPSA) is 28.2 Å². The number of benzene rings is 3. The van der Waals surface area contributed by atoms with Gasteiger partial charge in [-0.2, -0.15) is 0 Å². The van der Waals surface area contributed by atoms with Crippen LogP contribution in [0.4, 0.5) is 0 Å². The lowest BCUT2D eigenvalue weighted by atomic mass is 10.00. The summed E-state index contributed by atoms with van der Waals surface area (Å²) in [6.45, 7) is 9.83.